The van der Waals surface area contributed by atoms with Gasteiger partial charge in [-0.2, -0.15) is 8.78 Å². The maximum Gasteiger partial charge on any atom is 0.341 e. The second kappa shape index (κ2) is 7.64. The van der Waals surface area contributed by atoms with Crippen LogP contribution in [0.2, 0.25) is 0 Å². The molecule has 4 rings (SSSR count). The van der Waals surface area contributed by atoms with Crippen molar-refractivity contribution in [2.24, 2.45) is 0 Å². The summed E-state index contributed by atoms with van der Waals surface area (Å²) in [6.07, 6.45) is 5.19. The Bertz CT molecular complexity index is 1320. The molecule has 0 atom stereocenters. The lowest BCUT2D eigenvalue weighted by Crippen LogP contribution is -2.19. The van der Waals surface area contributed by atoms with Gasteiger partial charge >= 0.3 is 5.76 Å². The van der Waals surface area contributed by atoms with Crippen molar-refractivity contribution < 1.29 is 22.0 Å². The average molecular weight is 428 g/mol. The molecular weight excluding hydrogens is 414 g/mol. The van der Waals surface area contributed by atoms with Gasteiger partial charge in [0.2, 0.25) is 15.6 Å². The monoisotopic (exact) mass is 428 g/mol. The van der Waals surface area contributed by atoms with Crippen LogP contribution in [-0.2, 0) is 9.84 Å². The van der Waals surface area contributed by atoms with Crippen LogP contribution in [0.25, 0.3) is 17.0 Å². The quantitative estimate of drug-likeness (QED) is 0.524. The third-order valence-corrected chi connectivity index (χ3v) is 5.76. The van der Waals surface area contributed by atoms with Gasteiger partial charge in [-0.3, -0.25) is 9.20 Å². The number of carbonyl (C=O) groups is 1. The molecule has 0 saturated carbocycles. The number of hydrogen-bond acceptors (Lipinski definition) is 5. The molecule has 10 heteroatoms. The van der Waals surface area contributed by atoms with Crippen LogP contribution >= 0.6 is 0 Å². The van der Waals surface area contributed by atoms with E-state index in [9.17, 15) is 22.0 Å². The lowest BCUT2D eigenvalue weighted by atomic mass is 10.1. The fourth-order valence-electron chi connectivity index (χ4n) is 2.92. The van der Waals surface area contributed by atoms with Gasteiger partial charge in [0.05, 0.1) is 16.2 Å². The van der Waals surface area contributed by atoms with E-state index in [0.29, 0.717) is 22.7 Å². The minimum atomic E-state index is -4.92. The Morgan fingerprint density at radius 2 is 1.87 bits per heavy atom. The number of amides is 1. The molecule has 0 fully saturated rings. The average Bonchev–Trinajstić information content (AvgIpc) is 3.18. The maximum absolute atomic E-state index is 13.0. The van der Waals surface area contributed by atoms with E-state index in [1.54, 1.807) is 53.3 Å². The molecule has 0 aliphatic rings. The number of alkyl halides is 2. The molecule has 0 aliphatic carbocycles. The van der Waals surface area contributed by atoms with E-state index in [2.05, 4.69) is 15.3 Å². The van der Waals surface area contributed by atoms with Crippen LogP contribution in [0.3, 0.4) is 0 Å². The molecule has 0 unspecified atom stereocenters. The van der Waals surface area contributed by atoms with Crippen molar-refractivity contribution in [1.29, 1.82) is 0 Å². The molecule has 2 aromatic heterocycles. The van der Waals surface area contributed by atoms with Gasteiger partial charge in [0.1, 0.15) is 0 Å². The Kier molecular flexibility index (Phi) is 5.00. The number of imidazole rings is 1. The number of sulfone groups is 1. The Balaban J connectivity index is 1.65. The zero-order valence-corrected chi connectivity index (χ0v) is 16.1. The third kappa shape index (κ3) is 3.64. The highest BCUT2D eigenvalue weighted by molar-refractivity contribution is 7.91. The molecule has 1 amide bonds. The summed E-state index contributed by atoms with van der Waals surface area (Å²) in [5.41, 5.74) is 1.30. The first-order valence-electron chi connectivity index (χ1n) is 8.69. The summed E-state index contributed by atoms with van der Waals surface area (Å²) in [4.78, 5) is 20.5. The van der Waals surface area contributed by atoms with Gasteiger partial charge in [-0.1, -0.05) is 24.3 Å². The minimum absolute atomic E-state index is 0.353. The van der Waals surface area contributed by atoms with Gasteiger partial charge in [-0.05, 0) is 30.3 Å². The lowest BCUT2D eigenvalue weighted by Gasteiger charge is -2.11. The SMILES string of the molecule is O=C(Nc1cccc(-c2cn3cccnc3n2)c1)c1ccccc1S(=O)(=O)C(F)F. The molecular formula is C20H14F2N4O3S. The summed E-state index contributed by atoms with van der Waals surface area (Å²) in [7, 11) is -4.92. The number of halogens is 2. The molecule has 4 aromatic rings. The Morgan fingerprint density at radius 3 is 2.63 bits per heavy atom. The minimum Gasteiger partial charge on any atom is -0.322 e. The molecule has 0 spiro atoms. The molecule has 2 aromatic carbocycles. The van der Waals surface area contributed by atoms with Crippen molar-refractivity contribution in [3.8, 4) is 11.3 Å². The Labute approximate surface area is 170 Å². The zero-order valence-electron chi connectivity index (χ0n) is 15.2. The highest BCUT2D eigenvalue weighted by atomic mass is 32.2. The highest BCUT2D eigenvalue weighted by Crippen LogP contribution is 2.25. The van der Waals surface area contributed by atoms with Gasteiger partial charge in [0, 0.05) is 29.8 Å². The van der Waals surface area contributed by atoms with Gasteiger partial charge in [-0.15, -0.1) is 0 Å². The summed E-state index contributed by atoms with van der Waals surface area (Å²) in [5.74, 6) is -3.94. The van der Waals surface area contributed by atoms with Gasteiger partial charge in [0.15, 0.2) is 0 Å². The molecule has 0 radical (unpaired) electrons. The predicted octanol–water partition coefficient (Wildman–Crippen LogP) is 3.64. The van der Waals surface area contributed by atoms with E-state index >= 15 is 0 Å². The summed E-state index contributed by atoms with van der Waals surface area (Å²) in [6, 6.07) is 13.3. The van der Waals surface area contributed by atoms with Crippen molar-refractivity contribution in [3.63, 3.8) is 0 Å². The summed E-state index contributed by atoms with van der Waals surface area (Å²) in [6.45, 7) is 0. The maximum atomic E-state index is 13.0. The van der Waals surface area contributed by atoms with Crippen molar-refractivity contribution in [2.75, 3.05) is 5.32 Å². The van der Waals surface area contributed by atoms with Crippen LogP contribution in [0.4, 0.5) is 14.5 Å². The second-order valence-corrected chi connectivity index (χ2v) is 8.18. The van der Waals surface area contributed by atoms with Crippen molar-refractivity contribution in [2.45, 2.75) is 10.7 Å². The molecule has 30 heavy (non-hydrogen) atoms. The van der Waals surface area contributed by atoms with Crippen molar-refractivity contribution in [3.05, 3.63) is 78.8 Å². The number of nitrogens with one attached hydrogen (secondary N) is 1. The summed E-state index contributed by atoms with van der Waals surface area (Å²) in [5, 5.41) is 2.56. The van der Waals surface area contributed by atoms with Crippen LogP contribution in [-0.4, -0.2) is 34.5 Å². The predicted molar refractivity (Wildman–Crippen MR) is 106 cm³/mol. The smallest absolute Gasteiger partial charge is 0.322 e. The van der Waals surface area contributed by atoms with Crippen molar-refractivity contribution in [1.82, 2.24) is 14.4 Å². The molecule has 0 saturated heterocycles. The third-order valence-electron chi connectivity index (χ3n) is 4.32. The number of anilines is 1. The summed E-state index contributed by atoms with van der Waals surface area (Å²) >= 11 is 0. The number of rotatable bonds is 5. The number of benzene rings is 2. The number of aromatic nitrogens is 3. The Morgan fingerprint density at radius 1 is 1.07 bits per heavy atom. The van der Waals surface area contributed by atoms with E-state index in [1.807, 2.05) is 0 Å². The van der Waals surface area contributed by atoms with E-state index in [4.69, 9.17) is 0 Å². The van der Waals surface area contributed by atoms with Gasteiger partial charge in [-0.25, -0.2) is 18.4 Å². The van der Waals surface area contributed by atoms with Crippen LogP contribution in [0.15, 0.2) is 78.1 Å². The molecule has 1 N–H and O–H groups in total. The first-order valence-corrected chi connectivity index (χ1v) is 10.2. The van der Waals surface area contributed by atoms with Crippen molar-refractivity contribution >= 4 is 27.2 Å². The fraction of sp³-hybridized carbons (Fsp3) is 0.0500. The van der Waals surface area contributed by atoms with E-state index in [1.165, 1.54) is 18.2 Å². The standard InChI is InChI=1S/C20H14F2N4O3S/c21-19(22)30(28,29)17-8-2-1-7-15(17)18(27)24-14-6-3-5-13(11-14)16-12-26-10-4-9-23-20(26)25-16/h1-12,19H,(H,24,27). The van der Waals surface area contributed by atoms with Gasteiger partial charge < -0.3 is 5.32 Å². The number of fused-ring (bicyclic) bond motifs is 1. The lowest BCUT2D eigenvalue weighted by molar-refractivity contribution is 0.102. The van der Waals surface area contributed by atoms with E-state index < -0.39 is 26.4 Å². The van der Waals surface area contributed by atoms with E-state index in [0.717, 1.165) is 6.07 Å². The number of nitrogens with zero attached hydrogens (tertiary/aromatic N) is 3. The zero-order chi connectivity index (χ0) is 21.3. The van der Waals surface area contributed by atoms with Crippen LogP contribution in [0, 0.1) is 0 Å². The van der Waals surface area contributed by atoms with Crippen LogP contribution in [0.5, 0.6) is 0 Å². The first kappa shape index (κ1) is 19.6. The number of hydrogen-bond donors (Lipinski definition) is 1. The second-order valence-electron chi connectivity index (χ2n) is 6.29. The van der Waals surface area contributed by atoms with E-state index in [-0.39, 0.29) is 5.56 Å². The number of carbonyl (C=O) groups excluding carboxylic acids is 1. The molecule has 0 bridgehead atoms. The normalized spacial score (nSPS) is 11.7. The molecule has 2 heterocycles. The molecule has 7 nitrogen and oxygen atoms in total. The topological polar surface area (TPSA) is 93.4 Å². The van der Waals surface area contributed by atoms with Gasteiger partial charge in [0.25, 0.3) is 5.91 Å². The largest absolute Gasteiger partial charge is 0.341 e. The molecule has 0 aliphatic heterocycles. The first-order chi connectivity index (χ1) is 14.4. The highest BCUT2D eigenvalue weighted by Gasteiger charge is 2.30. The summed E-state index contributed by atoms with van der Waals surface area (Å²) < 4.78 is 51.4. The fourth-order valence-corrected chi connectivity index (χ4v) is 3.85. The van der Waals surface area contributed by atoms with Crippen LogP contribution < -0.4 is 5.32 Å². The van der Waals surface area contributed by atoms with Crippen LogP contribution in [0.1, 0.15) is 10.4 Å². The molecule has 152 valence electrons. The Hall–Kier alpha value is -3.66.